The molecule has 1 saturated heterocycles. The summed E-state index contributed by atoms with van der Waals surface area (Å²) in [6, 6.07) is 18.8. The maximum atomic E-state index is 14.2. The molecule has 1 aliphatic rings. The minimum Gasteiger partial charge on any atom is -0.463 e. The number of hydrogen-bond donors (Lipinski definition) is 0. The van der Waals surface area contributed by atoms with Crippen molar-refractivity contribution < 1.29 is 56.2 Å². The molecule has 3 rings (SSSR count). The molecule has 0 aromatic heterocycles. The van der Waals surface area contributed by atoms with Crippen molar-refractivity contribution in [2.75, 3.05) is 19.8 Å². The average molecular weight is 735 g/mol. The highest BCUT2D eigenvalue weighted by Gasteiger charge is 2.53. The molecule has 0 saturated carbocycles. The lowest BCUT2D eigenvalue weighted by molar-refractivity contribution is -0.305. The first-order valence-electron chi connectivity index (χ1n) is 17.7. The van der Waals surface area contributed by atoms with Crippen LogP contribution in [0.5, 0.6) is 0 Å². The SMILES string of the molecule is CCCCOP(=O)(OCCCC)O[C@@H]1O[C@H](COC(=O)CCC(C)=O)[C@@H](OCc2ccccc2)[C@H](OCc2ccccc2)[C@H]1OC(=O)C(C)(C)C. The van der Waals surface area contributed by atoms with E-state index in [0.29, 0.717) is 12.8 Å². The fourth-order valence-electron chi connectivity index (χ4n) is 4.84. The zero-order valence-electron chi connectivity index (χ0n) is 30.8. The van der Waals surface area contributed by atoms with E-state index in [1.165, 1.54) is 6.92 Å². The molecule has 2 aromatic carbocycles. The predicted molar refractivity (Wildman–Crippen MR) is 189 cm³/mol. The van der Waals surface area contributed by atoms with E-state index < -0.39 is 55.9 Å². The Morgan fingerprint density at radius 2 is 1.29 bits per heavy atom. The summed E-state index contributed by atoms with van der Waals surface area (Å²) in [7, 11) is -4.30. The Morgan fingerprint density at radius 3 is 1.78 bits per heavy atom. The first-order chi connectivity index (χ1) is 24.3. The predicted octanol–water partition coefficient (Wildman–Crippen LogP) is 7.51. The van der Waals surface area contributed by atoms with E-state index in [4.69, 9.17) is 37.3 Å². The van der Waals surface area contributed by atoms with Crippen LogP contribution in [0.3, 0.4) is 0 Å². The van der Waals surface area contributed by atoms with E-state index in [1.807, 2.05) is 74.5 Å². The molecule has 0 amide bonds. The number of ether oxygens (including phenoxy) is 5. The zero-order chi connectivity index (χ0) is 37.3. The summed E-state index contributed by atoms with van der Waals surface area (Å²) in [6.07, 6.45) is -3.40. The van der Waals surface area contributed by atoms with Gasteiger partial charge in [-0.15, -0.1) is 0 Å². The van der Waals surface area contributed by atoms with Gasteiger partial charge in [0.1, 0.15) is 30.7 Å². The molecule has 13 heteroatoms. The lowest BCUT2D eigenvalue weighted by Gasteiger charge is -2.45. The number of ketones is 1. The topological polar surface area (TPSA) is 142 Å². The molecule has 0 N–H and O–H groups in total. The summed E-state index contributed by atoms with van der Waals surface area (Å²) in [5.74, 6) is -1.37. The first kappa shape index (κ1) is 42.5. The number of phosphoric ester groups is 1. The highest BCUT2D eigenvalue weighted by Crippen LogP contribution is 2.53. The van der Waals surface area contributed by atoms with E-state index >= 15 is 0 Å². The number of unbranched alkanes of at least 4 members (excludes halogenated alkanes) is 2. The molecule has 1 heterocycles. The number of carbonyl (C=O) groups is 3. The summed E-state index contributed by atoms with van der Waals surface area (Å²) in [5.41, 5.74) is 0.723. The number of benzene rings is 2. The largest absolute Gasteiger partial charge is 0.477 e. The van der Waals surface area contributed by atoms with E-state index in [0.717, 1.165) is 24.0 Å². The Balaban J connectivity index is 2.08. The second-order valence-electron chi connectivity index (χ2n) is 13.5. The van der Waals surface area contributed by atoms with Crippen molar-refractivity contribution in [2.24, 2.45) is 5.41 Å². The van der Waals surface area contributed by atoms with Gasteiger partial charge in [0.15, 0.2) is 6.10 Å². The summed E-state index contributed by atoms with van der Waals surface area (Å²) >= 11 is 0. The second-order valence-corrected chi connectivity index (χ2v) is 15.1. The molecule has 284 valence electrons. The lowest BCUT2D eigenvalue weighted by Crippen LogP contribution is -2.62. The van der Waals surface area contributed by atoms with Gasteiger partial charge in [0.2, 0.25) is 6.29 Å². The van der Waals surface area contributed by atoms with Crippen molar-refractivity contribution in [3.8, 4) is 0 Å². The molecule has 0 aliphatic carbocycles. The Hall–Kier alpha value is -2.96. The minimum absolute atomic E-state index is 0.0189. The molecule has 51 heavy (non-hydrogen) atoms. The van der Waals surface area contributed by atoms with Crippen molar-refractivity contribution in [3.63, 3.8) is 0 Å². The third-order valence-corrected chi connectivity index (χ3v) is 9.30. The summed E-state index contributed by atoms with van der Waals surface area (Å²) in [6.45, 7) is 10.5. The van der Waals surface area contributed by atoms with Crippen molar-refractivity contribution in [2.45, 2.75) is 124 Å². The number of phosphoric acid groups is 1. The van der Waals surface area contributed by atoms with Gasteiger partial charge in [-0.3, -0.25) is 23.2 Å². The molecule has 0 unspecified atom stereocenters. The van der Waals surface area contributed by atoms with Gasteiger partial charge in [0, 0.05) is 6.42 Å². The molecule has 5 atom stereocenters. The van der Waals surface area contributed by atoms with Gasteiger partial charge >= 0.3 is 19.8 Å². The quantitative estimate of drug-likeness (QED) is 0.0671. The standard InChI is InChI=1S/C38H55O12P/c1-7-9-23-46-51(42,47-24-10-8-2)50-36-35(49-37(41)38(4,5)6)34(45-26-30-19-15-12-16-20-30)33(44-25-29-17-13-11-14-18-29)31(48-36)27-43-32(40)22-21-28(3)39/h11-20,31,33-36H,7-10,21-27H2,1-6H3/t31-,33-,34+,35-,36+/m1/s1. The van der Waals surface area contributed by atoms with Crippen LogP contribution in [0.15, 0.2) is 60.7 Å². The van der Waals surface area contributed by atoms with E-state index in [-0.39, 0.29) is 51.7 Å². The smallest absolute Gasteiger partial charge is 0.463 e. The van der Waals surface area contributed by atoms with E-state index in [1.54, 1.807) is 20.8 Å². The highest BCUT2D eigenvalue weighted by molar-refractivity contribution is 7.48. The van der Waals surface area contributed by atoms with Crippen LogP contribution < -0.4 is 0 Å². The number of hydrogen-bond acceptors (Lipinski definition) is 12. The third-order valence-electron chi connectivity index (χ3n) is 7.83. The Morgan fingerprint density at radius 1 is 0.765 bits per heavy atom. The van der Waals surface area contributed by atoms with Crippen molar-refractivity contribution >= 4 is 25.5 Å². The number of Topliss-reactive ketones (excluding diaryl/α,β-unsaturated/α-hetero) is 1. The summed E-state index contributed by atoms with van der Waals surface area (Å²) in [5, 5.41) is 0. The van der Waals surface area contributed by atoms with E-state index in [2.05, 4.69) is 0 Å². The fourth-order valence-corrected chi connectivity index (χ4v) is 6.17. The fraction of sp³-hybridized carbons (Fsp3) is 0.605. The van der Waals surface area contributed by atoms with Crippen LogP contribution in [0, 0.1) is 5.41 Å². The van der Waals surface area contributed by atoms with Gasteiger partial charge in [-0.1, -0.05) is 87.4 Å². The second kappa shape index (κ2) is 21.5. The Kier molecular flexibility index (Phi) is 17.9. The van der Waals surface area contributed by atoms with Gasteiger partial charge in [-0.2, -0.15) is 0 Å². The minimum atomic E-state index is -4.30. The van der Waals surface area contributed by atoms with Crippen molar-refractivity contribution in [1.29, 1.82) is 0 Å². The maximum absolute atomic E-state index is 14.2. The summed E-state index contributed by atoms with van der Waals surface area (Å²) in [4.78, 5) is 37.8. The van der Waals surface area contributed by atoms with Crippen LogP contribution in [0.1, 0.15) is 91.2 Å². The van der Waals surface area contributed by atoms with Gasteiger partial charge in [-0.25, -0.2) is 4.57 Å². The zero-order valence-corrected chi connectivity index (χ0v) is 31.7. The van der Waals surface area contributed by atoms with Crippen LogP contribution in [0.25, 0.3) is 0 Å². The van der Waals surface area contributed by atoms with Gasteiger partial charge in [0.05, 0.1) is 38.3 Å². The van der Waals surface area contributed by atoms with E-state index in [9.17, 15) is 18.9 Å². The van der Waals surface area contributed by atoms with Gasteiger partial charge in [-0.05, 0) is 51.7 Å². The monoisotopic (exact) mass is 734 g/mol. The van der Waals surface area contributed by atoms with Crippen LogP contribution in [-0.4, -0.2) is 68.2 Å². The molecular weight excluding hydrogens is 679 g/mol. The highest BCUT2D eigenvalue weighted by atomic mass is 31.2. The van der Waals surface area contributed by atoms with Crippen LogP contribution >= 0.6 is 7.82 Å². The summed E-state index contributed by atoms with van der Waals surface area (Å²) < 4.78 is 62.8. The molecule has 2 aromatic rings. The number of esters is 2. The molecule has 0 bridgehead atoms. The number of rotatable bonds is 22. The molecule has 12 nitrogen and oxygen atoms in total. The van der Waals surface area contributed by atoms with Crippen molar-refractivity contribution in [3.05, 3.63) is 71.8 Å². The van der Waals surface area contributed by atoms with Crippen LogP contribution in [-0.2, 0) is 69.4 Å². The van der Waals surface area contributed by atoms with Gasteiger partial charge < -0.3 is 28.5 Å². The Labute approximate surface area is 302 Å². The van der Waals surface area contributed by atoms with Gasteiger partial charge in [0.25, 0.3) is 0 Å². The maximum Gasteiger partial charge on any atom is 0.477 e. The molecule has 1 aliphatic heterocycles. The van der Waals surface area contributed by atoms with Crippen LogP contribution in [0.2, 0.25) is 0 Å². The normalized spacial score (nSPS) is 20.9. The lowest BCUT2D eigenvalue weighted by atomic mass is 9.95. The molecule has 1 fully saturated rings. The van der Waals surface area contributed by atoms with Crippen molar-refractivity contribution in [1.82, 2.24) is 0 Å². The first-order valence-corrected chi connectivity index (χ1v) is 19.2. The molecular formula is C38H55O12P. The third kappa shape index (κ3) is 14.9. The molecule has 0 spiro atoms. The Bertz CT molecular complexity index is 1370. The average Bonchev–Trinajstić information content (AvgIpc) is 3.10. The number of carbonyl (C=O) groups excluding carboxylic acids is 3. The molecule has 0 radical (unpaired) electrons. The van der Waals surface area contributed by atoms with Crippen LogP contribution in [0.4, 0.5) is 0 Å².